The fourth-order valence-electron chi connectivity index (χ4n) is 2.69. The lowest BCUT2D eigenvalue weighted by atomic mass is 9.96. The third-order valence-corrected chi connectivity index (χ3v) is 3.65. The van der Waals surface area contributed by atoms with Gasteiger partial charge in [-0.05, 0) is 49.2 Å². The van der Waals surface area contributed by atoms with E-state index in [0.717, 1.165) is 41.7 Å². The van der Waals surface area contributed by atoms with Crippen molar-refractivity contribution in [1.82, 2.24) is 4.90 Å². The first-order valence-electron chi connectivity index (χ1n) is 9.35. The quantitative estimate of drug-likeness (QED) is 0.781. The second-order valence-corrected chi connectivity index (χ2v) is 5.37. The first-order valence-corrected chi connectivity index (χ1v) is 6.85. The maximum atomic E-state index is 8.33. The third kappa shape index (κ3) is 3.45. The molecule has 0 atom stereocenters. The van der Waals surface area contributed by atoms with Crippen molar-refractivity contribution in [3.8, 4) is 0 Å². The SMILES string of the molecule is Br.[2H]c1c([2H])c([2H])c(C2=C(CCN(C)C)Cc3ccccc32)c([2H])c1[2H]. The van der Waals surface area contributed by atoms with Crippen LogP contribution < -0.4 is 0 Å². The largest absolute Gasteiger partial charge is 0.309 e. The van der Waals surface area contributed by atoms with Crippen molar-refractivity contribution >= 4 is 22.6 Å². The van der Waals surface area contributed by atoms with Gasteiger partial charge in [0.15, 0.2) is 0 Å². The van der Waals surface area contributed by atoms with E-state index in [1.54, 1.807) is 0 Å². The first-order chi connectivity index (χ1) is 11.8. The van der Waals surface area contributed by atoms with Crippen LogP contribution in [0, 0.1) is 0 Å². The zero-order chi connectivity index (χ0) is 18.3. The van der Waals surface area contributed by atoms with Crippen LogP contribution in [0.15, 0.2) is 60.1 Å². The maximum absolute atomic E-state index is 8.33. The van der Waals surface area contributed by atoms with Gasteiger partial charge >= 0.3 is 0 Å². The molecule has 0 fully saturated rings. The van der Waals surface area contributed by atoms with Crippen LogP contribution in [0.4, 0.5) is 0 Å². The number of hydrogen-bond acceptors (Lipinski definition) is 1. The number of benzene rings is 2. The highest BCUT2D eigenvalue weighted by Gasteiger charge is 2.21. The van der Waals surface area contributed by atoms with Gasteiger partial charge < -0.3 is 4.90 Å². The fraction of sp³-hybridized carbons (Fsp3) is 0.263. The summed E-state index contributed by atoms with van der Waals surface area (Å²) in [5.41, 5.74) is 4.40. The van der Waals surface area contributed by atoms with Gasteiger partial charge in [-0.2, -0.15) is 0 Å². The van der Waals surface area contributed by atoms with Gasteiger partial charge in [0.25, 0.3) is 0 Å². The predicted molar refractivity (Wildman–Crippen MR) is 96.1 cm³/mol. The molecule has 110 valence electrons. The van der Waals surface area contributed by atoms with Crippen LogP contribution in [0.5, 0.6) is 0 Å². The monoisotopic (exact) mass is 348 g/mol. The van der Waals surface area contributed by atoms with Crippen LogP contribution in [0.25, 0.3) is 5.57 Å². The second kappa shape index (κ2) is 7.06. The molecule has 0 saturated carbocycles. The minimum atomic E-state index is -0.347. The van der Waals surface area contributed by atoms with Gasteiger partial charge in [0, 0.05) is 6.54 Å². The van der Waals surface area contributed by atoms with E-state index in [-0.39, 0.29) is 47.2 Å². The molecule has 0 bridgehead atoms. The number of nitrogens with zero attached hydrogens (tertiary/aromatic N) is 1. The van der Waals surface area contributed by atoms with E-state index in [1.807, 2.05) is 38.4 Å². The van der Waals surface area contributed by atoms with Crippen molar-refractivity contribution in [2.24, 2.45) is 0 Å². The highest BCUT2D eigenvalue weighted by atomic mass is 79.9. The lowest BCUT2D eigenvalue weighted by molar-refractivity contribution is 0.412. The fourth-order valence-corrected chi connectivity index (χ4v) is 2.69. The molecular formula is C19H22BrN. The van der Waals surface area contributed by atoms with Gasteiger partial charge in [0.1, 0.15) is 0 Å². The summed E-state index contributed by atoms with van der Waals surface area (Å²) in [6.07, 6.45) is 1.57. The Morgan fingerprint density at radius 1 is 1.10 bits per heavy atom. The van der Waals surface area contributed by atoms with E-state index in [1.165, 1.54) is 0 Å². The van der Waals surface area contributed by atoms with Gasteiger partial charge in [0.2, 0.25) is 0 Å². The van der Waals surface area contributed by atoms with E-state index in [2.05, 4.69) is 4.90 Å². The summed E-state index contributed by atoms with van der Waals surface area (Å²) in [5, 5.41) is 0. The molecule has 0 saturated heterocycles. The molecule has 21 heavy (non-hydrogen) atoms. The molecule has 1 aliphatic rings. The zero-order valence-electron chi connectivity index (χ0n) is 17.3. The number of rotatable bonds is 4. The molecule has 0 radical (unpaired) electrons. The van der Waals surface area contributed by atoms with Gasteiger partial charge in [-0.15, -0.1) is 17.0 Å². The summed E-state index contributed by atoms with van der Waals surface area (Å²) in [6, 6.07) is 6.79. The Labute approximate surface area is 145 Å². The normalized spacial score (nSPS) is 16.6. The van der Waals surface area contributed by atoms with Gasteiger partial charge in [0.05, 0.1) is 6.85 Å². The minimum absolute atomic E-state index is 0. The van der Waals surface area contributed by atoms with Crippen molar-refractivity contribution in [2.45, 2.75) is 12.8 Å². The summed E-state index contributed by atoms with van der Waals surface area (Å²) in [6.45, 7) is 0.853. The molecule has 0 aliphatic heterocycles. The number of halogens is 1. The van der Waals surface area contributed by atoms with Crippen molar-refractivity contribution in [2.75, 3.05) is 20.6 Å². The van der Waals surface area contributed by atoms with Crippen LogP contribution in [0.2, 0.25) is 0 Å². The van der Waals surface area contributed by atoms with E-state index in [9.17, 15) is 0 Å². The maximum Gasteiger partial charge on any atom is 0.0629 e. The topological polar surface area (TPSA) is 3.24 Å². The van der Waals surface area contributed by atoms with Crippen LogP contribution in [-0.2, 0) is 6.42 Å². The average molecular weight is 349 g/mol. The third-order valence-electron chi connectivity index (χ3n) is 3.65. The molecule has 0 N–H and O–H groups in total. The van der Waals surface area contributed by atoms with Crippen molar-refractivity contribution in [1.29, 1.82) is 0 Å². The summed E-state index contributed by atoms with van der Waals surface area (Å²) < 4.78 is 40.4. The Morgan fingerprint density at radius 3 is 2.52 bits per heavy atom. The molecule has 0 unspecified atom stereocenters. The van der Waals surface area contributed by atoms with Crippen LogP contribution in [-0.4, -0.2) is 25.5 Å². The highest BCUT2D eigenvalue weighted by molar-refractivity contribution is 8.93. The van der Waals surface area contributed by atoms with Crippen molar-refractivity contribution in [3.63, 3.8) is 0 Å². The Kier molecular flexibility index (Phi) is 3.48. The van der Waals surface area contributed by atoms with Crippen LogP contribution in [0.3, 0.4) is 0 Å². The van der Waals surface area contributed by atoms with Crippen LogP contribution >= 0.6 is 17.0 Å². The van der Waals surface area contributed by atoms with Gasteiger partial charge in [-0.25, -0.2) is 0 Å². The lowest BCUT2D eigenvalue weighted by Gasteiger charge is -2.12. The smallest absolute Gasteiger partial charge is 0.0629 e. The Morgan fingerprint density at radius 2 is 1.81 bits per heavy atom. The van der Waals surface area contributed by atoms with Crippen molar-refractivity contribution < 1.29 is 6.85 Å². The molecule has 2 aromatic carbocycles. The van der Waals surface area contributed by atoms with E-state index in [4.69, 9.17) is 6.85 Å². The van der Waals surface area contributed by atoms with Crippen LogP contribution in [0.1, 0.15) is 30.0 Å². The lowest BCUT2D eigenvalue weighted by Crippen LogP contribution is -2.13. The number of hydrogen-bond donors (Lipinski definition) is 0. The summed E-state index contributed by atoms with van der Waals surface area (Å²) in [4.78, 5) is 2.09. The Bertz CT molecular complexity index is 847. The molecule has 0 amide bonds. The summed E-state index contributed by atoms with van der Waals surface area (Å²) in [5.74, 6) is 0. The Hall–Kier alpha value is -1.38. The van der Waals surface area contributed by atoms with E-state index < -0.39 is 0 Å². The van der Waals surface area contributed by atoms with Crippen molar-refractivity contribution in [3.05, 3.63) is 76.7 Å². The standard InChI is InChI=1S/C19H21N.BrH/c1-20(2)13-12-17-14-16-10-6-7-11-18(16)19(17)15-8-4-3-5-9-15;/h3-11H,12-14H2,1-2H3;1H/i3D,4D,5D,8D,9D;. The van der Waals surface area contributed by atoms with Gasteiger partial charge in [-0.1, -0.05) is 60.1 Å². The average Bonchev–Trinajstić information content (AvgIpc) is 2.95. The Balaban J connectivity index is 0.00000243. The summed E-state index contributed by atoms with van der Waals surface area (Å²) >= 11 is 0. The molecule has 2 aromatic rings. The van der Waals surface area contributed by atoms with E-state index >= 15 is 0 Å². The first kappa shape index (κ1) is 10.4. The molecule has 0 spiro atoms. The highest BCUT2D eigenvalue weighted by Crippen LogP contribution is 2.38. The van der Waals surface area contributed by atoms with E-state index in [0.29, 0.717) is 5.56 Å². The summed E-state index contributed by atoms with van der Waals surface area (Å²) in [7, 11) is 4.01. The molecule has 0 aromatic heterocycles. The minimum Gasteiger partial charge on any atom is -0.309 e. The molecule has 1 aliphatic carbocycles. The molecule has 0 heterocycles. The molecule has 2 heteroatoms. The number of fused-ring (bicyclic) bond motifs is 1. The predicted octanol–water partition coefficient (Wildman–Crippen LogP) is 4.57. The molecular weight excluding hydrogens is 322 g/mol. The second-order valence-electron chi connectivity index (χ2n) is 5.37. The van der Waals surface area contributed by atoms with Gasteiger partial charge in [-0.3, -0.25) is 0 Å². The molecule has 1 nitrogen and oxygen atoms in total. The zero-order valence-corrected chi connectivity index (χ0v) is 14.0. The molecule has 3 rings (SSSR count).